The molecule has 1 unspecified atom stereocenters. The second kappa shape index (κ2) is 8.12. The van der Waals surface area contributed by atoms with E-state index in [-0.39, 0.29) is 49.7 Å². The molecule has 1 fully saturated rings. The monoisotopic (exact) mass is 378 g/mol. The second-order valence-corrected chi connectivity index (χ2v) is 5.70. The second-order valence-electron chi connectivity index (χ2n) is 5.70. The van der Waals surface area contributed by atoms with E-state index >= 15 is 0 Å². The number of hydrogen-bond acceptors (Lipinski definition) is 4. The Labute approximate surface area is 180 Å². The quantitative estimate of drug-likeness (QED) is 0.496. The summed E-state index contributed by atoms with van der Waals surface area (Å²) in [4.78, 5) is 51.2. The molecule has 26 heavy (non-hydrogen) atoms. The molecule has 1 atom stereocenters. The molecule has 1 aliphatic heterocycles. The topological polar surface area (TPSA) is 83.6 Å². The predicted molar refractivity (Wildman–Crippen MR) is 98.1 cm³/mol. The van der Waals surface area contributed by atoms with Crippen LogP contribution in [0.3, 0.4) is 0 Å². The Morgan fingerprint density at radius 2 is 1.50 bits per heavy atom. The van der Waals surface area contributed by atoms with Gasteiger partial charge in [-0.15, -0.1) is 0 Å². The third-order valence-electron chi connectivity index (χ3n) is 4.40. The van der Waals surface area contributed by atoms with Gasteiger partial charge in [0, 0.05) is 5.56 Å². The van der Waals surface area contributed by atoms with E-state index in [1.54, 1.807) is 55.5 Å². The van der Waals surface area contributed by atoms with Crippen LogP contribution in [0, 0.1) is 0 Å². The molecule has 1 aliphatic rings. The number of carbonyl (C=O) groups excluding carboxylic acids is 4. The number of benzene rings is 2. The normalized spacial score (nSPS) is 19.6. The van der Waals surface area contributed by atoms with Crippen molar-refractivity contribution in [3.05, 3.63) is 71.8 Å². The molecular weight excluding hydrogens is 360 g/mol. The van der Waals surface area contributed by atoms with Crippen LogP contribution in [0.15, 0.2) is 60.7 Å². The van der Waals surface area contributed by atoms with E-state index in [1.807, 2.05) is 0 Å². The zero-order chi connectivity index (χ0) is 18.0. The van der Waals surface area contributed by atoms with Gasteiger partial charge in [-0.05, 0) is 24.1 Å². The van der Waals surface area contributed by atoms with Crippen molar-refractivity contribution in [2.45, 2.75) is 18.8 Å². The number of rotatable bonds is 3. The van der Waals surface area contributed by atoms with Crippen LogP contribution < -0.4 is 5.32 Å². The molecule has 0 aliphatic carbocycles. The molecule has 2 aromatic rings. The average Bonchev–Trinajstić information content (AvgIpc) is 2.64. The number of nitrogens with one attached hydrogen (secondary N) is 1. The molecule has 1 saturated heterocycles. The molecule has 0 spiro atoms. The first kappa shape index (κ1) is 20.3. The Bertz CT molecular complexity index is 854. The molecule has 0 radical (unpaired) electrons. The van der Waals surface area contributed by atoms with Crippen LogP contribution in [0.2, 0.25) is 0 Å². The predicted octanol–water partition coefficient (Wildman–Crippen LogP) is 1.34. The summed E-state index contributed by atoms with van der Waals surface area (Å²) in [6.45, 7) is 1.67. The minimum absolute atomic E-state index is 0. The van der Waals surface area contributed by atoms with Gasteiger partial charge in [-0.1, -0.05) is 55.5 Å². The summed E-state index contributed by atoms with van der Waals surface area (Å²) in [7, 11) is 0. The zero-order valence-corrected chi connectivity index (χ0v) is 13.6. The Balaban J connectivity index is 0.00000243. The van der Waals surface area contributed by atoms with Gasteiger partial charge >= 0.3 is 43.8 Å². The molecule has 2 aromatic carbocycles. The Hall–Kier alpha value is -2.02. The van der Waals surface area contributed by atoms with Crippen molar-refractivity contribution in [2.75, 3.05) is 0 Å². The van der Waals surface area contributed by atoms with E-state index in [9.17, 15) is 19.2 Å². The molecule has 6 nitrogen and oxygen atoms in total. The SMILES string of the molecule is CCC1(c2ccccc2)C(=O)NC(=O)N(C(=O)c2ccccc2)C1=O.[CaH2]. The van der Waals surface area contributed by atoms with E-state index in [0.717, 1.165) is 0 Å². The van der Waals surface area contributed by atoms with Crippen molar-refractivity contribution >= 4 is 61.5 Å². The summed E-state index contributed by atoms with van der Waals surface area (Å²) in [5.41, 5.74) is -0.976. The first-order chi connectivity index (χ1) is 12.0. The van der Waals surface area contributed by atoms with Gasteiger partial charge in [0.15, 0.2) is 5.41 Å². The fourth-order valence-corrected chi connectivity index (χ4v) is 3.03. The van der Waals surface area contributed by atoms with E-state index < -0.39 is 29.2 Å². The van der Waals surface area contributed by atoms with Crippen LogP contribution in [0.25, 0.3) is 0 Å². The van der Waals surface area contributed by atoms with Crippen LogP contribution in [0.5, 0.6) is 0 Å². The van der Waals surface area contributed by atoms with Crippen LogP contribution >= 0.6 is 0 Å². The van der Waals surface area contributed by atoms with Gasteiger partial charge in [-0.25, -0.2) is 4.79 Å². The van der Waals surface area contributed by atoms with Crippen molar-refractivity contribution in [3.63, 3.8) is 0 Å². The summed E-state index contributed by atoms with van der Waals surface area (Å²) in [6, 6.07) is 15.4. The molecule has 3 rings (SSSR count). The fraction of sp³-hybridized carbons (Fsp3) is 0.158. The van der Waals surface area contributed by atoms with Crippen molar-refractivity contribution in [1.82, 2.24) is 10.2 Å². The molecule has 0 aromatic heterocycles. The minimum atomic E-state index is -1.61. The third kappa shape index (κ3) is 3.20. The molecule has 7 heteroatoms. The molecule has 1 heterocycles. The molecule has 0 saturated carbocycles. The third-order valence-corrected chi connectivity index (χ3v) is 4.40. The van der Waals surface area contributed by atoms with Crippen molar-refractivity contribution in [2.24, 2.45) is 0 Å². The summed E-state index contributed by atoms with van der Waals surface area (Å²) in [5.74, 6) is -2.30. The summed E-state index contributed by atoms with van der Waals surface area (Å²) < 4.78 is 0. The standard InChI is InChI=1S/C19H16N2O4.Ca.2H/c1-2-19(14-11-7-4-8-12-14)16(23)20-18(25)21(17(19)24)15(22)13-9-5-3-6-10-13;;;/h3-12H,2H2,1H3,(H,20,23,25);;;. The Morgan fingerprint density at radius 3 is 2.04 bits per heavy atom. The number of nitrogens with zero attached hydrogens (tertiary/aromatic N) is 1. The van der Waals surface area contributed by atoms with Gasteiger partial charge < -0.3 is 0 Å². The number of amides is 5. The van der Waals surface area contributed by atoms with E-state index in [4.69, 9.17) is 0 Å². The average molecular weight is 378 g/mol. The van der Waals surface area contributed by atoms with Gasteiger partial charge in [0.25, 0.3) is 11.8 Å². The van der Waals surface area contributed by atoms with E-state index in [1.165, 1.54) is 12.1 Å². The number of imide groups is 4. The molecule has 5 amide bonds. The van der Waals surface area contributed by atoms with Crippen molar-refractivity contribution < 1.29 is 19.2 Å². The van der Waals surface area contributed by atoms with E-state index in [0.29, 0.717) is 10.5 Å². The van der Waals surface area contributed by atoms with Crippen LogP contribution in [0.4, 0.5) is 4.79 Å². The fourth-order valence-electron chi connectivity index (χ4n) is 3.03. The molecule has 0 bridgehead atoms. The van der Waals surface area contributed by atoms with Crippen molar-refractivity contribution in [3.8, 4) is 0 Å². The summed E-state index contributed by atoms with van der Waals surface area (Å²) >= 11 is 0. The maximum absolute atomic E-state index is 13.1. The van der Waals surface area contributed by atoms with Crippen LogP contribution in [-0.2, 0) is 15.0 Å². The maximum atomic E-state index is 13.1. The number of barbiturate groups is 1. The van der Waals surface area contributed by atoms with Crippen LogP contribution in [-0.4, -0.2) is 66.4 Å². The number of urea groups is 1. The Morgan fingerprint density at radius 1 is 0.962 bits per heavy atom. The zero-order valence-electron chi connectivity index (χ0n) is 13.6. The molecule has 1 N–H and O–H groups in total. The van der Waals surface area contributed by atoms with Gasteiger partial charge in [-0.3, -0.25) is 19.7 Å². The number of hydrogen-bond donors (Lipinski definition) is 1. The molecular formula is C19H18CaN2O4. The molecule has 130 valence electrons. The first-order valence-corrected chi connectivity index (χ1v) is 7.87. The van der Waals surface area contributed by atoms with Gasteiger partial charge in [0.2, 0.25) is 5.91 Å². The first-order valence-electron chi connectivity index (χ1n) is 7.87. The van der Waals surface area contributed by atoms with Gasteiger partial charge in [-0.2, -0.15) is 4.90 Å². The van der Waals surface area contributed by atoms with Crippen LogP contribution in [0.1, 0.15) is 29.3 Å². The van der Waals surface area contributed by atoms with E-state index in [2.05, 4.69) is 5.32 Å². The Kier molecular flexibility index (Phi) is 6.34. The van der Waals surface area contributed by atoms with Crippen molar-refractivity contribution in [1.29, 1.82) is 0 Å². The number of carbonyl (C=O) groups is 4. The summed E-state index contributed by atoms with van der Waals surface area (Å²) in [6.07, 6.45) is 0.119. The van der Waals surface area contributed by atoms with Gasteiger partial charge in [0.05, 0.1) is 0 Å². The van der Waals surface area contributed by atoms with Gasteiger partial charge in [0.1, 0.15) is 0 Å². The summed E-state index contributed by atoms with van der Waals surface area (Å²) in [5, 5.41) is 2.16.